The molecule has 3 nitrogen and oxygen atoms in total. The fraction of sp³-hybridized carbons (Fsp3) is 0.786. The van der Waals surface area contributed by atoms with Gasteiger partial charge in [-0.2, -0.15) is 5.10 Å². The molecule has 1 saturated carbocycles. The molecule has 1 aromatic rings. The van der Waals surface area contributed by atoms with Crippen molar-refractivity contribution in [3.63, 3.8) is 0 Å². The van der Waals surface area contributed by atoms with Crippen LogP contribution in [0.2, 0.25) is 0 Å². The lowest BCUT2D eigenvalue weighted by atomic mass is 9.89. The third-order valence-corrected chi connectivity index (χ3v) is 4.84. The van der Waals surface area contributed by atoms with Crippen molar-refractivity contribution in [3.05, 3.63) is 15.9 Å². The average Bonchev–Trinajstić information content (AvgIpc) is 2.64. The maximum atomic E-state index is 6.05. The Morgan fingerprint density at radius 2 is 2.00 bits per heavy atom. The van der Waals surface area contributed by atoms with Crippen molar-refractivity contribution < 1.29 is 4.74 Å². The summed E-state index contributed by atoms with van der Waals surface area (Å²) in [4.78, 5) is 0. The van der Waals surface area contributed by atoms with Crippen LogP contribution in [0.25, 0.3) is 0 Å². The second-order valence-corrected chi connectivity index (χ2v) is 6.17. The minimum absolute atomic E-state index is 0.438. The molecule has 0 spiro atoms. The van der Waals surface area contributed by atoms with Crippen LogP contribution in [0.4, 0.5) is 0 Å². The molecule has 18 heavy (non-hydrogen) atoms. The van der Waals surface area contributed by atoms with E-state index in [1.54, 1.807) is 0 Å². The van der Waals surface area contributed by atoms with Gasteiger partial charge in [0.05, 0.1) is 28.6 Å². The Bertz CT molecular complexity index is 395. The molecule has 4 heteroatoms. The van der Waals surface area contributed by atoms with Crippen LogP contribution < -0.4 is 0 Å². The van der Waals surface area contributed by atoms with E-state index in [4.69, 9.17) is 4.74 Å². The van der Waals surface area contributed by atoms with Gasteiger partial charge in [-0.25, -0.2) is 0 Å². The Labute approximate surface area is 118 Å². The summed E-state index contributed by atoms with van der Waals surface area (Å²) in [6.45, 7) is 5.13. The molecule has 0 unspecified atom stereocenters. The summed E-state index contributed by atoms with van der Waals surface area (Å²) in [5.74, 6) is 0.875. The van der Waals surface area contributed by atoms with Crippen LogP contribution in [0.5, 0.6) is 0 Å². The Kier molecular flexibility index (Phi) is 4.84. The highest BCUT2D eigenvalue weighted by Crippen LogP contribution is 2.28. The monoisotopic (exact) mass is 314 g/mol. The highest BCUT2D eigenvalue weighted by Gasteiger charge is 2.20. The van der Waals surface area contributed by atoms with Crippen molar-refractivity contribution in [1.82, 2.24) is 9.78 Å². The number of rotatable bonds is 4. The first-order valence-corrected chi connectivity index (χ1v) is 7.73. The van der Waals surface area contributed by atoms with Gasteiger partial charge in [0.15, 0.2) is 0 Å². The molecule has 0 N–H and O–H groups in total. The van der Waals surface area contributed by atoms with E-state index in [-0.39, 0.29) is 0 Å². The summed E-state index contributed by atoms with van der Waals surface area (Å²) < 4.78 is 9.11. The minimum atomic E-state index is 0.438. The quantitative estimate of drug-likeness (QED) is 0.844. The maximum absolute atomic E-state index is 6.05. The fourth-order valence-corrected chi connectivity index (χ4v) is 3.30. The van der Waals surface area contributed by atoms with E-state index in [0.29, 0.717) is 12.7 Å². The normalized spacial score (nSPS) is 24.4. The van der Waals surface area contributed by atoms with Gasteiger partial charge in [-0.3, -0.25) is 4.68 Å². The van der Waals surface area contributed by atoms with Crippen LogP contribution in [0, 0.1) is 5.92 Å². The lowest BCUT2D eigenvalue weighted by molar-refractivity contribution is 0.00575. The zero-order valence-electron chi connectivity index (χ0n) is 11.6. The predicted molar refractivity (Wildman–Crippen MR) is 76.5 cm³/mol. The van der Waals surface area contributed by atoms with Crippen LogP contribution in [0.1, 0.15) is 50.9 Å². The maximum Gasteiger partial charge on any atom is 0.0900 e. The van der Waals surface area contributed by atoms with Gasteiger partial charge in [-0.1, -0.05) is 13.8 Å². The molecule has 102 valence electrons. The van der Waals surface area contributed by atoms with Crippen molar-refractivity contribution in [3.8, 4) is 0 Å². The SMILES string of the molecule is CCc1nn(C)c(COC2CCC(C)CC2)c1Br. The van der Waals surface area contributed by atoms with Gasteiger partial charge in [0, 0.05) is 7.05 Å². The summed E-state index contributed by atoms with van der Waals surface area (Å²) >= 11 is 3.63. The molecular weight excluding hydrogens is 292 g/mol. The standard InChI is InChI=1S/C14H23BrN2O/c1-4-12-14(15)13(17(3)16-12)9-18-11-7-5-10(2)6-8-11/h10-11H,4-9H2,1-3H3. The van der Waals surface area contributed by atoms with Crippen LogP contribution in [0.3, 0.4) is 0 Å². The first-order chi connectivity index (χ1) is 8.61. The zero-order chi connectivity index (χ0) is 13.1. The molecule has 0 atom stereocenters. The van der Waals surface area contributed by atoms with Gasteiger partial charge < -0.3 is 4.74 Å². The van der Waals surface area contributed by atoms with Crippen molar-refractivity contribution in [2.45, 2.75) is 58.7 Å². The van der Waals surface area contributed by atoms with Gasteiger partial charge in [0.25, 0.3) is 0 Å². The van der Waals surface area contributed by atoms with Crippen molar-refractivity contribution in [2.24, 2.45) is 13.0 Å². The van der Waals surface area contributed by atoms with E-state index in [2.05, 4.69) is 34.9 Å². The molecule has 0 radical (unpaired) electrons. The third-order valence-electron chi connectivity index (χ3n) is 3.92. The minimum Gasteiger partial charge on any atom is -0.372 e. The second-order valence-electron chi connectivity index (χ2n) is 5.38. The van der Waals surface area contributed by atoms with Crippen molar-refractivity contribution in [1.29, 1.82) is 0 Å². The van der Waals surface area contributed by atoms with Crippen molar-refractivity contribution in [2.75, 3.05) is 0 Å². The number of nitrogens with zero attached hydrogens (tertiary/aromatic N) is 2. The summed E-state index contributed by atoms with van der Waals surface area (Å²) in [5.41, 5.74) is 2.28. The number of aryl methyl sites for hydroxylation is 2. The number of aromatic nitrogens is 2. The summed E-state index contributed by atoms with van der Waals surface area (Å²) in [6, 6.07) is 0. The molecule has 0 aliphatic heterocycles. The van der Waals surface area contributed by atoms with Crippen LogP contribution in [0.15, 0.2) is 4.47 Å². The molecule has 0 saturated heterocycles. The van der Waals surface area contributed by atoms with Gasteiger partial charge >= 0.3 is 0 Å². The van der Waals surface area contributed by atoms with Crippen molar-refractivity contribution >= 4 is 15.9 Å². The number of hydrogen-bond acceptors (Lipinski definition) is 2. The first-order valence-electron chi connectivity index (χ1n) is 6.93. The lowest BCUT2D eigenvalue weighted by Gasteiger charge is -2.26. The molecule has 0 bridgehead atoms. The van der Waals surface area contributed by atoms with Gasteiger partial charge in [0.2, 0.25) is 0 Å². The summed E-state index contributed by atoms with van der Waals surface area (Å²) in [5, 5.41) is 4.49. The highest BCUT2D eigenvalue weighted by molar-refractivity contribution is 9.10. The molecule has 1 aromatic heterocycles. The highest BCUT2D eigenvalue weighted by atomic mass is 79.9. The molecule has 1 aliphatic carbocycles. The molecular formula is C14H23BrN2O. The van der Waals surface area contributed by atoms with E-state index in [1.165, 1.54) is 25.7 Å². The Hall–Kier alpha value is -0.350. The fourth-order valence-electron chi connectivity index (χ4n) is 2.57. The number of hydrogen-bond donors (Lipinski definition) is 0. The predicted octanol–water partition coefficient (Wildman–Crippen LogP) is 3.84. The van der Waals surface area contributed by atoms with E-state index in [9.17, 15) is 0 Å². The molecule has 1 aliphatic rings. The second kappa shape index (κ2) is 6.20. The first kappa shape index (κ1) is 14.1. The van der Waals surface area contributed by atoms with Crippen LogP contribution in [-0.4, -0.2) is 15.9 Å². The Morgan fingerprint density at radius 3 is 2.56 bits per heavy atom. The molecule has 1 heterocycles. The molecule has 0 amide bonds. The Morgan fingerprint density at radius 1 is 1.33 bits per heavy atom. The van der Waals surface area contributed by atoms with Crippen LogP contribution in [-0.2, 0) is 24.8 Å². The number of ether oxygens (including phenoxy) is 1. The molecule has 0 aromatic carbocycles. The number of halogens is 1. The lowest BCUT2D eigenvalue weighted by Crippen LogP contribution is -2.20. The Balaban J connectivity index is 1.92. The topological polar surface area (TPSA) is 27.1 Å². The summed E-state index contributed by atoms with van der Waals surface area (Å²) in [7, 11) is 1.99. The molecule has 1 fully saturated rings. The summed E-state index contributed by atoms with van der Waals surface area (Å²) in [6.07, 6.45) is 6.41. The molecule has 2 rings (SSSR count). The third kappa shape index (κ3) is 3.15. The van der Waals surface area contributed by atoms with E-state index in [0.717, 1.165) is 28.2 Å². The zero-order valence-corrected chi connectivity index (χ0v) is 13.2. The smallest absolute Gasteiger partial charge is 0.0900 e. The van der Waals surface area contributed by atoms with Crippen LogP contribution >= 0.6 is 15.9 Å². The largest absolute Gasteiger partial charge is 0.372 e. The van der Waals surface area contributed by atoms with Gasteiger partial charge in [-0.15, -0.1) is 0 Å². The average molecular weight is 315 g/mol. The van der Waals surface area contributed by atoms with Gasteiger partial charge in [0.1, 0.15) is 0 Å². The van der Waals surface area contributed by atoms with E-state index >= 15 is 0 Å². The van der Waals surface area contributed by atoms with E-state index < -0.39 is 0 Å². The van der Waals surface area contributed by atoms with E-state index in [1.807, 2.05) is 11.7 Å². The van der Waals surface area contributed by atoms with Gasteiger partial charge in [-0.05, 0) is 54.0 Å².